The molecule has 2 aliphatic heterocycles. The molecule has 0 aromatic carbocycles. The predicted octanol–water partition coefficient (Wildman–Crippen LogP) is -4.37. The zero-order valence-electron chi connectivity index (χ0n) is 11.8. The summed E-state index contributed by atoms with van der Waals surface area (Å²) in [5.41, 5.74) is 0. The van der Waals surface area contributed by atoms with Gasteiger partial charge in [-0.15, -0.1) is 0 Å². The van der Waals surface area contributed by atoms with Gasteiger partial charge in [0.25, 0.3) is 0 Å². The molecule has 10 heteroatoms. The molecule has 130 valence electrons. The fourth-order valence-electron chi connectivity index (χ4n) is 2.52. The Kier molecular flexibility index (Phi) is 5.72. The Bertz CT molecular complexity index is 368. The Hall–Kier alpha value is -0.400. The summed E-state index contributed by atoms with van der Waals surface area (Å²) in [6.45, 7) is 0.791. The smallest absolute Gasteiger partial charge is 0.187 e. The van der Waals surface area contributed by atoms with Crippen molar-refractivity contribution in [2.75, 3.05) is 6.61 Å². The molecule has 0 amide bonds. The SMILES string of the molecule is C[C@@H]1O[C@@H](O[C@H](CO)[C@H]2OC(O)[C@H](O)[C@H]2O)[C@H](O)[C@H](O)[C@H]1O. The standard InChI is InChI=1S/C12H22O10/c1-3-5(14)6(15)9(18)12(20-3)21-4(2-13)10-7(16)8(17)11(19)22-10/h3-19H,2H2,1H3/t3-,4+,5-,6+,7+,8+,9+,10+,11?,12-/m0/s1. The van der Waals surface area contributed by atoms with E-state index >= 15 is 0 Å². The summed E-state index contributed by atoms with van der Waals surface area (Å²) in [7, 11) is 0. The Morgan fingerprint density at radius 3 is 2.00 bits per heavy atom. The Morgan fingerprint density at radius 1 is 0.864 bits per heavy atom. The highest BCUT2D eigenvalue weighted by Gasteiger charge is 2.49. The van der Waals surface area contributed by atoms with Crippen molar-refractivity contribution < 1.29 is 50.0 Å². The lowest BCUT2D eigenvalue weighted by Gasteiger charge is -2.40. The zero-order valence-corrected chi connectivity index (χ0v) is 11.8. The van der Waals surface area contributed by atoms with Crippen LogP contribution < -0.4 is 0 Å². The van der Waals surface area contributed by atoms with Gasteiger partial charge >= 0.3 is 0 Å². The van der Waals surface area contributed by atoms with Crippen molar-refractivity contribution in [1.29, 1.82) is 0 Å². The number of ether oxygens (including phenoxy) is 3. The Labute approximate surface area is 126 Å². The molecular weight excluding hydrogens is 304 g/mol. The second-order valence-electron chi connectivity index (χ2n) is 5.51. The quantitative estimate of drug-likeness (QED) is 0.268. The molecule has 2 rings (SSSR count). The third-order valence-electron chi connectivity index (χ3n) is 3.94. The van der Waals surface area contributed by atoms with Crippen molar-refractivity contribution in [3.8, 4) is 0 Å². The number of hydrogen-bond donors (Lipinski definition) is 7. The summed E-state index contributed by atoms with van der Waals surface area (Å²) in [5.74, 6) is 0. The first kappa shape index (κ1) is 17.9. The van der Waals surface area contributed by atoms with Crippen molar-refractivity contribution >= 4 is 0 Å². The maximum atomic E-state index is 9.84. The molecule has 0 saturated carbocycles. The van der Waals surface area contributed by atoms with E-state index in [9.17, 15) is 35.7 Å². The maximum absolute atomic E-state index is 9.84. The van der Waals surface area contributed by atoms with Crippen LogP contribution in [0.1, 0.15) is 6.92 Å². The first-order valence-corrected chi connectivity index (χ1v) is 6.93. The fraction of sp³-hybridized carbons (Fsp3) is 1.00. The van der Waals surface area contributed by atoms with E-state index in [1.807, 2.05) is 0 Å². The van der Waals surface area contributed by atoms with Gasteiger partial charge in [-0.2, -0.15) is 0 Å². The summed E-state index contributed by atoms with van der Waals surface area (Å²) in [6.07, 6.45) is -13.9. The molecule has 2 fully saturated rings. The second-order valence-corrected chi connectivity index (χ2v) is 5.51. The van der Waals surface area contributed by atoms with Crippen LogP contribution in [0.5, 0.6) is 0 Å². The normalized spacial score (nSPS) is 51.0. The van der Waals surface area contributed by atoms with Gasteiger partial charge in [-0.3, -0.25) is 0 Å². The average Bonchev–Trinajstić information content (AvgIpc) is 2.75. The van der Waals surface area contributed by atoms with Gasteiger partial charge in [-0.25, -0.2) is 0 Å². The van der Waals surface area contributed by atoms with Crippen LogP contribution in [0.4, 0.5) is 0 Å². The molecule has 10 atom stereocenters. The van der Waals surface area contributed by atoms with Gasteiger partial charge in [0.2, 0.25) is 0 Å². The van der Waals surface area contributed by atoms with Crippen LogP contribution in [0.15, 0.2) is 0 Å². The molecular formula is C12H22O10. The third-order valence-corrected chi connectivity index (χ3v) is 3.94. The van der Waals surface area contributed by atoms with Gasteiger partial charge in [0, 0.05) is 0 Å². The molecule has 10 nitrogen and oxygen atoms in total. The lowest BCUT2D eigenvalue weighted by atomic mass is 9.99. The summed E-state index contributed by atoms with van der Waals surface area (Å²) in [4.78, 5) is 0. The van der Waals surface area contributed by atoms with E-state index in [-0.39, 0.29) is 0 Å². The van der Waals surface area contributed by atoms with E-state index in [4.69, 9.17) is 14.2 Å². The van der Waals surface area contributed by atoms with Crippen LogP contribution in [0.3, 0.4) is 0 Å². The van der Waals surface area contributed by atoms with Gasteiger partial charge in [0.05, 0.1) is 12.7 Å². The minimum Gasteiger partial charge on any atom is -0.394 e. The first-order chi connectivity index (χ1) is 10.3. The van der Waals surface area contributed by atoms with E-state index < -0.39 is 68.0 Å². The van der Waals surface area contributed by atoms with Crippen LogP contribution in [-0.4, -0.2) is 104 Å². The molecule has 7 N–H and O–H groups in total. The van der Waals surface area contributed by atoms with E-state index in [1.165, 1.54) is 6.92 Å². The van der Waals surface area contributed by atoms with Crippen LogP contribution >= 0.6 is 0 Å². The molecule has 1 unspecified atom stereocenters. The number of hydrogen-bond acceptors (Lipinski definition) is 10. The van der Waals surface area contributed by atoms with Crippen LogP contribution in [-0.2, 0) is 14.2 Å². The minimum absolute atomic E-state index is 0.666. The molecule has 0 spiro atoms. The van der Waals surface area contributed by atoms with Gasteiger partial charge < -0.3 is 50.0 Å². The molecule has 2 saturated heterocycles. The van der Waals surface area contributed by atoms with E-state index in [1.54, 1.807) is 0 Å². The lowest BCUT2D eigenvalue weighted by Crippen LogP contribution is -2.59. The van der Waals surface area contributed by atoms with Gasteiger partial charge in [0.15, 0.2) is 12.6 Å². The maximum Gasteiger partial charge on any atom is 0.187 e. The number of aliphatic hydroxyl groups excluding tert-OH is 7. The van der Waals surface area contributed by atoms with Gasteiger partial charge in [-0.1, -0.05) is 0 Å². The van der Waals surface area contributed by atoms with Gasteiger partial charge in [-0.05, 0) is 6.92 Å². The highest BCUT2D eigenvalue weighted by atomic mass is 16.7. The molecule has 0 radical (unpaired) electrons. The largest absolute Gasteiger partial charge is 0.394 e. The second kappa shape index (κ2) is 7.01. The first-order valence-electron chi connectivity index (χ1n) is 6.93. The zero-order chi connectivity index (χ0) is 16.6. The van der Waals surface area contributed by atoms with Crippen molar-refractivity contribution in [2.24, 2.45) is 0 Å². The topological polar surface area (TPSA) is 169 Å². The van der Waals surface area contributed by atoms with Crippen molar-refractivity contribution in [1.82, 2.24) is 0 Å². The van der Waals surface area contributed by atoms with Crippen molar-refractivity contribution in [3.05, 3.63) is 0 Å². The van der Waals surface area contributed by atoms with Gasteiger partial charge in [0.1, 0.15) is 42.7 Å². The molecule has 0 aromatic rings. The molecule has 2 heterocycles. The third kappa shape index (κ3) is 3.26. The molecule has 0 aromatic heterocycles. The molecule has 0 aliphatic carbocycles. The minimum atomic E-state index is -1.64. The number of rotatable bonds is 4. The van der Waals surface area contributed by atoms with Crippen LogP contribution in [0.25, 0.3) is 0 Å². The summed E-state index contributed by atoms with van der Waals surface area (Å²) in [5, 5.41) is 67.0. The molecule has 2 aliphatic rings. The summed E-state index contributed by atoms with van der Waals surface area (Å²) >= 11 is 0. The highest BCUT2D eigenvalue weighted by molar-refractivity contribution is 4.92. The lowest BCUT2D eigenvalue weighted by molar-refractivity contribution is -0.316. The van der Waals surface area contributed by atoms with Crippen molar-refractivity contribution in [2.45, 2.75) is 68.3 Å². The van der Waals surface area contributed by atoms with Crippen LogP contribution in [0.2, 0.25) is 0 Å². The van der Waals surface area contributed by atoms with E-state index in [0.717, 1.165) is 0 Å². The predicted molar refractivity (Wildman–Crippen MR) is 67.2 cm³/mol. The Balaban J connectivity index is 2.04. The summed E-state index contributed by atoms with van der Waals surface area (Å²) < 4.78 is 15.4. The highest BCUT2D eigenvalue weighted by Crippen LogP contribution is 2.28. The molecule has 22 heavy (non-hydrogen) atoms. The molecule has 0 bridgehead atoms. The Morgan fingerprint density at radius 2 is 1.50 bits per heavy atom. The van der Waals surface area contributed by atoms with E-state index in [2.05, 4.69) is 0 Å². The van der Waals surface area contributed by atoms with Crippen molar-refractivity contribution in [3.63, 3.8) is 0 Å². The monoisotopic (exact) mass is 326 g/mol. The van der Waals surface area contributed by atoms with E-state index in [0.29, 0.717) is 0 Å². The number of aliphatic hydroxyl groups is 7. The summed E-state index contributed by atoms with van der Waals surface area (Å²) in [6, 6.07) is 0. The van der Waals surface area contributed by atoms with Crippen LogP contribution in [0, 0.1) is 0 Å². The average molecular weight is 326 g/mol. The fourth-order valence-corrected chi connectivity index (χ4v) is 2.52.